The second-order valence-electron chi connectivity index (χ2n) is 3.86. The summed E-state index contributed by atoms with van der Waals surface area (Å²) < 4.78 is 0. The molecule has 1 saturated carbocycles. The molecule has 0 aromatic rings. The Morgan fingerprint density at radius 1 is 1.42 bits per heavy atom. The number of hydrogen-bond donors (Lipinski definition) is 1. The van der Waals surface area contributed by atoms with Crippen molar-refractivity contribution in [3.63, 3.8) is 0 Å². The van der Waals surface area contributed by atoms with Gasteiger partial charge < -0.3 is 10.0 Å². The summed E-state index contributed by atoms with van der Waals surface area (Å²) in [5, 5.41) is 11.0. The van der Waals surface area contributed by atoms with Gasteiger partial charge in [0.15, 0.2) is 0 Å². The fraction of sp³-hybridized carbons (Fsp3) is 1.00. The van der Waals surface area contributed by atoms with Gasteiger partial charge in [-0.1, -0.05) is 28.8 Å². The van der Waals surface area contributed by atoms with Crippen LogP contribution < -0.4 is 0 Å². The van der Waals surface area contributed by atoms with E-state index in [4.69, 9.17) is 0 Å². The summed E-state index contributed by atoms with van der Waals surface area (Å²) in [4.78, 5) is 2.19. The SMILES string of the molecule is CN(CCBr)CC1(O)CCCC1. The first-order valence-corrected chi connectivity index (χ1v) is 5.75. The van der Waals surface area contributed by atoms with Crippen LogP contribution in [0.5, 0.6) is 0 Å². The monoisotopic (exact) mass is 235 g/mol. The Balaban J connectivity index is 2.28. The van der Waals surface area contributed by atoms with E-state index in [1.807, 2.05) is 0 Å². The highest BCUT2D eigenvalue weighted by atomic mass is 79.9. The average Bonchev–Trinajstić information content (AvgIpc) is 2.36. The molecule has 0 spiro atoms. The molecule has 0 aromatic heterocycles. The summed E-state index contributed by atoms with van der Waals surface area (Å²) in [6.07, 6.45) is 4.36. The van der Waals surface area contributed by atoms with Gasteiger partial charge in [-0.3, -0.25) is 0 Å². The molecule has 0 amide bonds. The van der Waals surface area contributed by atoms with Crippen molar-refractivity contribution in [2.45, 2.75) is 31.3 Å². The Kier molecular flexibility index (Phi) is 4.00. The van der Waals surface area contributed by atoms with Crippen LogP contribution in [0.4, 0.5) is 0 Å². The van der Waals surface area contributed by atoms with Crippen molar-refractivity contribution >= 4 is 15.9 Å². The second-order valence-corrected chi connectivity index (χ2v) is 4.65. The normalized spacial score (nSPS) is 22.0. The first kappa shape index (κ1) is 10.5. The molecule has 12 heavy (non-hydrogen) atoms. The van der Waals surface area contributed by atoms with Crippen LogP contribution in [0, 0.1) is 0 Å². The van der Waals surface area contributed by atoms with Gasteiger partial charge in [0.25, 0.3) is 0 Å². The first-order chi connectivity index (χ1) is 5.66. The van der Waals surface area contributed by atoms with Crippen molar-refractivity contribution in [3.05, 3.63) is 0 Å². The number of likely N-dealkylation sites (N-methyl/N-ethyl adjacent to an activating group) is 1. The molecule has 1 fully saturated rings. The molecule has 0 atom stereocenters. The molecule has 0 heterocycles. The Hall–Kier alpha value is 0.400. The van der Waals surface area contributed by atoms with Crippen LogP contribution >= 0.6 is 15.9 Å². The zero-order chi connectivity index (χ0) is 9.03. The van der Waals surface area contributed by atoms with Crippen LogP contribution in [0.2, 0.25) is 0 Å². The summed E-state index contributed by atoms with van der Waals surface area (Å²) in [5.41, 5.74) is -0.378. The van der Waals surface area contributed by atoms with Crippen molar-refractivity contribution in [3.8, 4) is 0 Å². The van der Waals surface area contributed by atoms with Gasteiger partial charge in [0.2, 0.25) is 0 Å². The number of halogens is 1. The van der Waals surface area contributed by atoms with Gasteiger partial charge in [0, 0.05) is 18.4 Å². The van der Waals surface area contributed by atoms with Crippen LogP contribution in [-0.4, -0.2) is 41.1 Å². The Morgan fingerprint density at radius 3 is 2.50 bits per heavy atom. The third-order valence-corrected chi connectivity index (χ3v) is 2.92. The lowest BCUT2D eigenvalue weighted by atomic mass is 10.0. The summed E-state index contributed by atoms with van der Waals surface area (Å²) in [6, 6.07) is 0. The zero-order valence-electron chi connectivity index (χ0n) is 7.72. The molecule has 0 unspecified atom stereocenters. The van der Waals surface area contributed by atoms with E-state index in [0.717, 1.165) is 31.3 Å². The van der Waals surface area contributed by atoms with E-state index in [1.165, 1.54) is 12.8 Å². The minimum Gasteiger partial charge on any atom is -0.389 e. The molecule has 0 bridgehead atoms. The van der Waals surface area contributed by atoms with E-state index in [9.17, 15) is 5.11 Å². The van der Waals surface area contributed by atoms with Gasteiger partial charge in [-0.25, -0.2) is 0 Å². The van der Waals surface area contributed by atoms with Crippen LogP contribution in [0.3, 0.4) is 0 Å². The van der Waals surface area contributed by atoms with Gasteiger partial charge in [-0.05, 0) is 19.9 Å². The van der Waals surface area contributed by atoms with Crippen LogP contribution in [0.1, 0.15) is 25.7 Å². The molecule has 0 aromatic carbocycles. The van der Waals surface area contributed by atoms with Crippen molar-refractivity contribution < 1.29 is 5.11 Å². The maximum atomic E-state index is 10.0. The molecule has 2 nitrogen and oxygen atoms in total. The lowest BCUT2D eigenvalue weighted by molar-refractivity contribution is 0.0180. The minimum atomic E-state index is -0.378. The third-order valence-electron chi connectivity index (χ3n) is 2.56. The number of hydrogen-bond acceptors (Lipinski definition) is 2. The number of nitrogens with zero attached hydrogens (tertiary/aromatic N) is 1. The molecule has 72 valence electrons. The number of rotatable bonds is 4. The van der Waals surface area contributed by atoms with Gasteiger partial charge in [0.05, 0.1) is 5.60 Å². The highest BCUT2D eigenvalue weighted by Crippen LogP contribution is 2.29. The fourth-order valence-electron chi connectivity index (χ4n) is 1.92. The summed E-state index contributed by atoms with van der Waals surface area (Å²) >= 11 is 3.39. The predicted molar refractivity (Wildman–Crippen MR) is 54.7 cm³/mol. The van der Waals surface area contributed by atoms with Crippen LogP contribution in [-0.2, 0) is 0 Å². The molecule has 1 aliphatic rings. The van der Waals surface area contributed by atoms with Crippen molar-refractivity contribution in [2.24, 2.45) is 0 Å². The van der Waals surface area contributed by atoms with Crippen LogP contribution in [0.25, 0.3) is 0 Å². The molecule has 1 rings (SSSR count). The minimum absolute atomic E-state index is 0.378. The first-order valence-electron chi connectivity index (χ1n) is 4.63. The van der Waals surface area contributed by atoms with Crippen molar-refractivity contribution in [2.75, 3.05) is 25.5 Å². The molecular formula is C9H18BrNO. The van der Waals surface area contributed by atoms with Crippen molar-refractivity contribution in [1.29, 1.82) is 0 Å². The largest absolute Gasteiger partial charge is 0.389 e. The second kappa shape index (κ2) is 4.58. The van der Waals surface area contributed by atoms with Gasteiger partial charge in [0.1, 0.15) is 0 Å². The molecule has 0 saturated heterocycles. The maximum absolute atomic E-state index is 10.0. The molecule has 3 heteroatoms. The lowest BCUT2D eigenvalue weighted by Gasteiger charge is -2.27. The van der Waals surface area contributed by atoms with E-state index in [0.29, 0.717) is 0 Å². The Labute approximate surface area is 83.1 Å². The molecule has 1 N–H and O–H groups in total. The van der Waals surface area contributed by atoms with Gasteiger partial charge in [-0.2, -0.15) is 0 Å². The lowest BCUT2D eigenvalue weighted by Crippen LogP contribution is -2.39. The van der Waals surface area contributed by atoms with Crippen LogP contribution in [0.15, 0.2) is 0 Å². The fourth-order valence-corrected chi connectivity index (χ4v) is 2.52. The zero-order valence-corrected chi connectivity index (χ0v) is 9.31. The smallest absolute Gasteiger partial charge is 0.0774 e. The quantitative estimate of drug-likeness (QED) is 0.750. The van der Waals surface area contributed by atoms with E-state index >= 15 is 0 Å². The highest BCUT2D eigenvalue weighted by Gasteiger charge is 2.31. The van der Waals surface area contributed by atoms with E-state index in [2.05, 4.69) is 27.9 Å². The summed E-state index contributed by atoms with van der Waals surface area (Å²) in [7, 11) is 2.07. The standard InChI is InChI=1S/C9H18BrNO/c1-11(7-6-10)8-9(12)4-2-3-5-9/h12H,2-8H2,1H3. The number of alkyl halides is 1. The predicted octanol–water partition coefficient (Wildman–Crippen LogP) is 1.62. The summed E-state index contributed by atoms with van der Waals surface area (Å²) in [6.45, 7) is 1.85. The molecular weight excluding hydrogens is 218 g/mol. The van der Waals surface area contributed by atoms with E-state index in [-0.39, 0.29) is 5.60 Å². The Bertz CT molecular complexity index is 134. The third kappa shape index (κ3) is 3.04. The van der Waals surface area contributed by atoms with Crippen molar-refractivity contribution in [1.82, 2.24) is 4.90 Å². The topological polar surface area (TPSA) is 23.5 Å². The van der Waals surface area contributed by atoms with Gasteiger partial charge in [-0.15, -0.1) is 0 Å². The Morgan fingerprint density at radius 2 is 2.00 bits per heavy atom. The molecule has 0 aliphatic heterocycles. The summed E-state index contributed by atoms with van der Waals surface area (Å²) in [5.74, 6) is 0. The maximum Gasteiger partial charge on any atom is 0.0774 e. The van der Waals surface area contributed by atoms with E-state index < -0.39 is 0 Å². The molecule has 0 radical (unpaired) electrons. The molecule has 1 aliphatic carbocycles. The van der Waals surface area contributed by atoms with E-state index in [1.54, 1.807) is 0 Å². The highest BCUT2D eigenvalue weighted by molar-refractivity contribution is 9.09. The number of aliphatic hydroxyl groups is 1. The average molecular weight is 236 g/mol. The van der Waals surface area contributed by atoms with Gasteiger partial charge >= 0.3 is 0 Å².